The third-order valence-corrected chi connectivity index (χ3v) is 4.41. The van der Waals surface area contributed by atoms with Gasteiger partial charge in [0.25, 0.3) is 0 Å². The van der Waals surface area contributed by atoms with Crippen molar-refractivity contribution in [3.63, 3.8) is 0 Å². The number of para-hydroxylation sites is 1. The van der Waals surface area contributed by atoms with E-state index in [1.54, 1.807) is 0 Å². The van der Waals surface area contributed by atoms with Crippen LogP contribution in [-0.2, 0) is 11.3 Å². The molecule has 0 unspecified atom stereocenters. The van der Waals surface area contributed by atoms with Crippen molar-refractivity contribution in [3.8, 4) is 5.75 Å². The van der Waals surface area contributed by atoms with Gasteiger partial charge in [0.1, 0.15) is 5.75 Å². The third-order valence-electron chi connectivity index (χ3n) is 4.41. The molecule has 154 valence electrons. The molecule has 0 amide bonds. The van der Waals surface area contributed by atoms with E-state index in [1.165, 1.54) is 0 Å². The van der Waals surface area contributed by atoms with Gasteiger partial charge >= 0.3 is 0 Å². The van der Waals surface area contributed by atoms with Gasteiger partial charge in [0.05, 0.1) is 26.4 Å². The summed E-state index contributed by atoms with van der Waals surface area (Å²) in [5.41, 5.74) is 7.06. The zero-order valence-corrected chi connectivity index (χ0v) is 19.0. The zero-order chi connectivity index (χ0) is 18.6. The number of guanidine groups is 1. The molecule has 0 aliphatic carbocycles. The predicted octanol–water partition coefficient (Wildman–Crippen LogP) is 2.86. The highest BCUT2D eigenvalue weighted by Crippen LogP contribution is 2.19. The number of benzene rings is 1. The van der Waals surface area contributed by atoms with Gasteiger partial charge in [-0.3, -0.25) is 4.90 Å². The van der Waals surface area contributed by atoms with Crippen LogP contribution in [0.3, 0.4) is 0 Å². The van der Waals surface area contributed by atoms with E-state index in [1.807, 2.05) is 24.3 Å². The summed E-state index contributed by atoms with van der Waals surface area (Å²) in [5, 5.41) is 3.20. The van der Waals surface area contributed by atoms with Crippen LogP contribution in [0.5, 0.6) is 5.75 Å². The summed E-state index contributed by atoms with van der Waals surface area (Å²) in [7, 11) is 0. The van der Waals surface area contributed by atoms with Crippen LogP contribution in [0.2, 0.25) is 0 Å². The van der Waals surface area contributed by atoms with Gasteiger partial charge in [0.15, 0.2) is 5.96 Å². The normalized spacial score (nSPS) is 15.4. The SMILES string of the molecule is CC(C)CCOc1ccccc1CN=C(N)NCCCN1CCOCC1.I. The van der Waals surface area contributed by atoms with E-state index in [-0.39, 0.29) is 24.0 Å². The van der Waals surface area contributed by atoms with Crippen molar-refractivity contribution in [1.29, 1.82) is 0 Å². The molecule has 0 bridgehead atoms. The molecule has 7 heteroatoms. The summed E-state index contributed by atoms with van der Waals surface area (Å²) >= 11 is 0. The number of hydrogen-bond donors (Lipinski definition) is 2. The standard InChI is InChI=1S/C20H34N4O2.HI/c1-17(2)8-13-26-19-7-4-3-6-18(19)16-23-20(21)22-9-5-10-24-11-14-25-15-12-24;/h3-4,6-7,17H,5,8-16H2,1-2H3,(H3,21,22,23);1H. The number of ether oxygens (including phenoxy) is 2. The molecule has 1 saturated heterocycles. The molecule has 0 saturated carbocycles. The van der Waals surface area contributed by atoms with Crippen molar-refractivity contribution in [1.82, 2.24) is 10.2 Å². The Morgan fingerprint density at radius 2 is 2.04 bits per heavy atom. The van der Waals surface area contributed by atoms with Crippen LogP contribution in [-0.4, -0.2) is 56.9 Å². The number of halogens is 1. The molecule has 1 fully saturated rings. The van der Waals surface area contributed by atoms with Crippen LogP contribution in [0.1, 0.15) is 32.3 Å². The van der Waals surface area contributed by atoms with Crippen molar-refractivity contribution in [3.05, 3.63) is 29.8 Å². The van der Waals surface area contributed by atoms with E-state index in [0.717, 1.165) is 70.2 Å². The lowest BCUT2D eigenvalue weighted by Crippen LogP contribution is -2.39. The van der Waals surface area contributed by atoms with Gasteiger partial charge in [-0.05, 0) is 31.4 Å². The van der Waals surface area contributed by atoms with E-state index < -0.39 is 0 Å². The molecule has 0 radical (unpaired) electrons. The monoisotopic (exact) mass is 490 g/mol. The second-order valence-electron chi connectivity index (χ2n) is 7.07. The van der Waals surface area contributed by atoms with E-state index in [9.17, 15) is 0 Å². The Labute approximate surface area is 180 Å². The summed E-state index contributed by atoms with van der Waals surface area (Å²) in [4.78, 5) is 6.87. The second kappa shape index (κ2) is 14.0. The van der Waals surface area contributed by atoms with Gasteiger partial charge in [0, 0.05) is 25.2 Å². The summed E-state index contributed by atoms with van der Waals surface area (Å²) in [6.07, 6.45) is 2.09. The Hall–Kier alpha value is -1.06. The molecule has 1 aliphatic heterocycles. The maximum absolute atomic E-state index is 6.00. The number of aliphatic imine (C=N–C) groups is 1. The fraction of sp³-hybridized carbons (Fsp3) is 0.650. The van der Waals surface area contributed by atoms with Crippen LogP contribution in [0.4, 0.5) is 0 Å². The Morgan fingerprint density at radius 3 is 2.78 bits per heavy atom. The maximum Gasteiger partial charge on any atom is 0.188 e. The molecule has 1 aromatic carbocycles. The van der Waals surface area contributed by atoms with Gasteiger partial charge in [-0.2, -0.15) is 0 Å². The van der Waals surface area contributed by atoms with Crippen molar-refractivity contribution in [2.45, 2.75) is 33.2 Å². The van der Waals surface area contributed by atoms with Crippen LogP contribution in [0, 0.1) is 5.92 Å². The fourth-order valence-corrected chi connectivity index (χ4v) is 2.75. The predicted molar refractivity (Wildman–Crippen MR) is 122 cm³/mol. The van der Waals surface area contributed by atoms with E-state index in [2.05, 4.69) is 29.1 Å². The smallest absolute Gasteiger partial charge is 0.188 e. The fourth-order valence-electron chi connectivity index (χ4n) is 2.75. The number of morpholine rings is 1. The van der Waals surface area contributed by atoms with E-state index in [0.29, 0.717) is 18.4 Å². The van der Waals surface area contributed by atoms with Crippen molar-refractivity contribution in [2.24, 2.45) is 16.6 Å². The van der Waals surface area contributed by atoms with Gasteiger partial charge < -0.3 is 20.5 Å². The average Bonchev–Trinajstić information content (AvgIpc) is 2.65. The van der Waals surface area contributed by atoms with Crippen molar-refractivity contribution < 1.29 is 9.47 Å². The van der Waals surface area contributed by atoms with Crippen LogP contribution >= 0.6 is 24.0 Å². The number of nitrogens with one attached hydrogen (secondary N) is 1. The summed E-state index contributed by atoms with van der Waals surface area (Å²) in [5.74, 6) is 2.03. The quantitative estimate of drug-likeness (QED) is 0.229. The summed E-state index contributed by atoms with van der Waals surface area (Å²) in [6.45, 7) is 11.3. The Morgan fingerprint density at radius 1 is 1.30 bits per heavy atom. The molecule has 0 aromatic heterocycles. The average molecular weight is 490 g/mol. The van der Waals surface area contributed by atoms with Gasteiger partial charge in [-0.1, -0.05) is 32.0 Å². The molecule has 0 atom stereocenters. The molecular formula is C20H35IN4O2. The molecule has 1 aliphatic rings. The van der Waals surface area contributed by atoms with Crippen LogP contribution in [0.15, 0.2) is 29.3 Å². The van der Waals surface area contributed by atoms with Crippen molar-refractivity contribution >= 4 is 29.9 Å². The minimum Gasteiger partial charge on any atom is -0.493 e. The second-order valence-corrected chi connectivity index (χ2v) is 7.07. The molecule has 0 spiro atoms. The molecule has 1 heterocycles. The lowest BCUT2D eigenvalue weighted by atomic mass is 10.1. The highest BCUT2D eigenvalue weighted by Gasteiger charge is 2.09. The number of nitrogens with two attached hydrogens (primary N) is 1. The molecule has 3 N–H and O–H groups in total. The Balaban J connectivity index is 0.00000364. The molecule has 27 heavy (non-hydrogen) atoms. The zero-order valence-electron chi connectivity index (χ0n) is 16.7. The first kappa shape index (κ1) is 24.0. The minimum atomic E-state index is 0. The van der Waals surface area contributed by atoms with Gasteiger partial charge in [0.2, 0.25) is 0 Å². The Kier molecular flexibility index (Phi) is 12.4. The van der Waals surface area contributed by atoms with Gasteiger partial charge in [-0.25, -0.2) is 4.99 Å². The van der Waals surface area contributed by atoms with E-state index >= 15 is 0 Å². The van der Waals surface area contributed by atoms with Crippen LogP contribution in [0.25, 0.3) is 0 Å². The summed E-state index contributed by atoms with van der Waals surface area (Å²) < 4.78 is 11.3. The number of nitrogens with zero attached hydrogens (tertiary/aromatic N) is 2. The summed E-state index contributed by atoms with van der Waals surface area (Å²) in [6, 6.07) is 8.04. The first-order valence-electron chi connectivity index (χ1n) is 9.69. The first-order valence-corrected chi connectivity index (χ1v) is 9.69. The minimum absolute atomic E-state index is 0. The highest BCUT2D eigenvalue weighted by molar-refractivity contribution is 14.0. The van der Waals surface area contributed by atoms with Gasteiger partial charge in [-0.15, -0.1) is 24.0 Å². The number of hydrogen-bond acceptors (Lipinski definition) is 4. The van der Waals surface area contributed by atoms with Crippen molar-refractivity contribution in [2.75, 3.05) is 46.0 Å². The third kappa shape index (κ3) is 10.2. The molecule has 1 aromatic rings. The maximum atomic E-state index is 6.00. The molecule has 6 nitrogen and oxygen atoms in total. The molecule has 2 rings (SSSR count). The van der Waals surface area contributed by atoms with E-state index in [4.69, 9.17) is 15.2 Å². The lowest BCUT2D eigenvalue weighted by molar-refractivity contribution is 0.0376. The topological polar surface area (TPSA) is 72.1 Å². The largest absolute Gasteiger partial charge is 0.493 e. The highest BCUT2D eigenvalue weighted by atomic mass is 127. The molecular weight excluding hydrogens is 455 g/mol. The van der Waals surface area contributed by atoms with Crippen LogP contribution < -0.4 is 15.8 Å². The Bertz CT molecular complexity index is 549. The lowest BCUT2D eigenvalue weighted by Gasteiger charge is -2.26. The first-order chi connectivity index (χ1) is 12.6. The number of rotatable bonds is 10.